The average molecular weight is 293 g/mol. The summed E-state index contributed by atoms with van der Waals surface area (Å²) >= 11 is 1.78. The van der Waals surface area contributed by atoms with Gasteiger partial charge in [0.2, 0.25) is 5.91 Å². The third-order valence-electron chi connectivity index (χ3n) is 3.83. The molecule has 0 bridgehead atoms. The molecule has 0 heterocycles. The fourth-order valence-corrected chi connectivity index (χ4v) is 3.55. The fraction of sp³-hybridized carbons (Fsp3) is 0.562. The summed E-state index contributed by atoms with van der Waals surface area (Å²) in [6, 6.07) is 10.2. The largest absolute Gasteiger partial charge is 0.394 e. The van der Waals surface area contributed by atoms with Gasteiger partial charge in [-0.25, -0.2) is 0 Å². The monoisotopic (exact) mass is 293 g/mol. The third-order valence-corrected chi connectivity index (χ3v) is 4.93. The molecule has 0 unspecified atom stereocenters. The van der Waals surface area contributed by atoms with Crippen LogP contribution in [0.2, 0.25) is 0 Å². The highest BCUT2D eigenvalue weighted by molar-refractivity contribution is 7.99. The molecule has 0 radical (unpaired) electrons. The van der Waals surface area contributed by atoms with E-state index in [1.165, 1.54) is 4.90 Å². The predicted octanol–water partition coefficient (Wildman–Crippen LogP) is 2.98. The second-order valence-corrected chi connectivity index (χ2v) is 6.63. The molecule has 2 rings (SSSR count). The minimum Gasteiger partial charge on any atom is -0.394 e. The molecular formula is C16H23NO2S. The molecule has 1 aromatic rings. The molecule has 3 nitrogen and oxygen atoms in total. The number of rotatable bonds is 7. The SMILES string of the molecule is O=C(CCCSc1ccccc1)NC1(CO)CCCC1. The van der Waals surface area contributed by atoms with Crippen molar-refractivity contribution in [1.29, 1.82) is 0 Å². The van der Waals surface area contributed by atoms with Crippen LogP contribution in [0.25, 0.3) is 0 Å². The van der Waals surface area contributed by atoms with Crippen LogP contribution in [0.5, 0.6) is 0 Å². The van der Waals surface area contributed by atoms with Crippen LogP contribution in [0.15, 0.2) is 35.2 Å². The molecule has 0 saturated heterocycles. The van der Waals surface area contributed by atoms with E-state index in [9.17, 15) is 9.90 Å². The first kappa shape index (κ1) is 15.4. The Bertz CT molecular complexity index is 416. The summed E-state index contributed by atoms with van der Waals surface area (Å²) in [5, 5.41) is 12.5. The maximum absolute atomic E-state index is 11.9. The predicted molar refractivity (Wildman–Crippen MR) is 82.8 cm³/mol. The highest BCUT2D eigenvalue weighted by Crippen LogP contribution is 2.29. The standard InChI is InChI=1S/C16H23NO2S/c18-13-16(10-4-5-11-16)17-15(19)9-6-12-20-14-7-2-1-3-8-14/h1-3,7-8,18H,4-6,9-13H2,(H,17,19). The Hall–Kier alpha value is -1.00. The maximum Gasteiger partial charge on any atom is 0.220 e. The van der Waals surface area contributed by atoms with Crippen molar-refractivity contribution in [2.75, 3.05) is 12.4 Å². The fourth-order valence-electron chi connectivity index (χ4n) is 2.67. The number of aliphatic hydroxyl groups is 1. The van der Waals surface area contributed by atoms with Gasteiger partial charge in [-0.05, 0) is 37.1 Å². The van der Waals surface area contributed by atoms with E-state index in [0.29, 0.717) is 6.42 Å². The first-order chi connectivity index (χ1) is 9.74. The summed E-state index contributed by atoms with van der Waals surface area (Å²) < 4.78 is 0. The van der Waals surface area contributed by atoms with Crippen LogP contribution in [0.3, 0.4) is 0 Å². The molecule has 1 aliphatic rings. The average Bonchev–Trinajstić information content (AvgIpc) is 2.94. The van der Waals surface area contributed by atoms with Crippen molar-refractivity contribution in [1.82, 2.24) is 5.32 Å². The quantitative estimate of drug-likeness (QED) is 0.600. The molecular weight excluding hydrogens is 270 g/mol. The van der Waals surface area contributed by atoms with Crippen molar-refractivity contribution < 1.29 is 9.90 Å². The number of nitrogens with one attached hydrogen (secondary N) is 1. The number of carbonyl (C=O) groups is 1. The van der Waals surface area contributed by atoms with Crippen LogP contribution in [0, 0.1) is 0 Å². The van der Waals surface area contributed by atoms with E-state index in [1.54, 1.807) is 11.8 Å². The van der Waals surface area contributed by atoms with E-state index in [1.807, 2.05) is 18.2 Å². The molecule has 1 aliphatic carbocycles. The Labute approximate surface area is 125 Å². The number of aliphatic hydroxyl groups excluding tert-OH is 1. The molecule has 2 N–H and O–H groups in total. The lowest BCUT2D eigenvalue weighted by atomic mass is 9.98. The van der Waals surface area contributed by atoms with Crippen molar-refractivity contribution in [3.63, 3.8) is 0 Å². The molecule has 0 aromatic heterocycles. The van der Waals surface area contributed by atoms with Crippen LogP contribution < -0.4 is 5.32 Å². The zero-order valence-corrected chi connectivity index (χ0v) is 12.6. The first-order valence-electron chi connectivity index (χ1n) is 7.34. The number of hydrogen-bond acceptors (Lipinski definition) is 3. The van der Waals surface area contributed by atoms with Crippen molar-refractivity contribution in [2.45, 2.75) is 49.0 Å². The van der Waals surface area contributed by atoms with Crippen molar-refractivity contribution in [3.8, 4) is 0 Å². The van der Waals surface area contributed by atoms with Crippen molar-refractivity contribution in [3.05, 3.63) is 30.3 Å². The Kier molecular flexibility index (Phi) is 5.92. The zero-order chi connectivity index (χ0) is 14.3. The van der Waals surface area contributed by atoms with Crippen LogP contribution in [-0.2, 0) is 4.79 Å². The molecule has 20 heavy (non-hydrogen) atoms. The van der Waals surface area contributed by atoms with Crippen LogP contribution >= 0.6 is 11.8 Å². The minimum atomic E-state index is -0.330. The van der Waals surface area contributed by atoms with Crippen molar-refractivity contribution >= 4 is 17.7 Å². The summed E-state index contributed by atoms with van der Waals surface area (Å²) in [5.74, 6) is 1.03. The lowest BCUT2D eigenvalue weighted by molar-refractivity contribution is -0.123. The van der Waals surface area contributed by atoms with E-state index in [2.05, 4.69) is 17.4 Å². The second-order valence-electron chi connectivity index (χ2n) is 5.46. The summed E-state index contributed by atoms with van der Waals surface area (Å²) in [4.78, 5) is 13.2. The van der Waals surface area contributed by atoms with Gasteiger partial charge in [-0.15, -0.1) is 11.8 Å². The number of carbonyl (C=O) groups excluding carboxylic acids is 1. The van der Waals surface area contributed by atoms with Gasteiger partial charge in [0, 0.05) is 11.3 Å². The molecule has 1 amide bonds. The highest BCUT2D eigenvalue weighted by Gasteiger charge is 2.34. The molecule has 0 spiro atoms. The highest BCUT2D eigenvalue weighted by atomic mass is 32.2. The Morgan fingerprint density at radius 2 is 1.95 bits per heavy atom. The molecule has 110 valence electrons. The molecule has 1 aromatic carbocycles. The van der Waals surface area contributed by atoms with Gasteiger partial charge in [0.25, 0.3) is 0 Å². The van der Waals surface area contributed by atoms with Crippen LogP contribution in [-0.4, -0.2) is 28.9 Å². The second kappa shape index (κ2) is 7.70. The van der Waals surface area contributed by atoms with Gasteiger partial charge in [0.1, 0.15) is 0 Å². The Balaban J connectivity index is 1.65. The van der Waals surface area contributed by atoms with Gasteiger partial charge >= 0.3 is 0 Å². The van der Waals surface area contributed by atoms with Crippen molar-refractivity contribution in [2.24, 2.45) is 0 Å². The van der Waals surface area contributed by atoms with E-state index in [4.69, 9.17) is 0 Å². The lowest BCUT2D eigenvalue weighted by Gasteiger charge is -2.27. The van der Waals surface area contributed by atoms with E-state index >= 15 is 0 Å². The summed E-state index contributed by atoms with van der Waals surface area (Å²) in [5.41, 5.74) is -0.330. The number of thioether (sulfide) groups is 1. The third kappa shape index (κ3) is 4.53. The topological polar surface area (TPSA) is 49.3 Å². The molecule has 1 saturated carbocycles. The zero-order valence-electron chi connectivity index (χ0n) is 11.8. The van der Waals surface area contributed by atoms with Gasteiger partial charge in [0.05, 0.1) is 12.1 Å². The van der Waals surface area contributed by atoms with Gasteiger partial charge in [-0.3, -0.25) is 4.79 Å². The van der Waals surface area contributed by atoms with Gasteiger partial charge in [-0.1, -0.05) is 31.0 Å². The summed E-state index contributed by atoms with van der Waals surface area (Å²) in [6.45, 7) is 0.0670. The Morgan fingerprint density at radius 1 is 1.25 bits per heavy atom. The molecule has 0 aliphatic heterocycles. The molecule has 1 fully saturated rings. The summed E-state index contributed by atoms with van der Waals surface area (Å²) in [7, 11) is 0. The Morgan fingerprint density at radius 3 is 2.60 bits per heavy atom. The number of hydrogen-bond donors (Lipinski definition) is 2. The summed E-state index contributed by atoms with van der Waals surface area (Å²) in [6.07, 6.45) is 5.44. The minimum absolute atomic E-state index is 0.0670. The van der Waals surface area contributed by atoms with E-state index in [-0.39, 0.29) is 18.1 Å². The number of amides is 1. The van der Waals surface area contributed by atoms with Crippen LogP contribution in [0.1, 0.15) is 38.5 Å². The van der Waals surface area contributed by atoms with Gasteiger partial charge in [-0.2, -0.15) is 0 Å². The van der Waals surface area contributed by atoms with E-state index < -0.39 is 0 Å². The number of benzene rings is 1. The lowest BCUT2D eigenvalue weighted by Crippen LogP contribution is -2.49. The smallest absolute Gasteiger partial charge is 0.220 e. The molecule has 4 heteroatoms. The molecule has 0 atom stereocenters. The van der Waals surface area contributed by atoms with Gasteiger partial charge < -0.3 is 10.4 Å². The normalized spacial score (nSPS) is 17.1. The first-order valence-corrected chi connectivity index (χ1v) is 8.32. The van der Waals surface area contributed by atoms with Gasteiger partial charge in [0.15, 0.2) is 0 Å². The van der Waals surface area contributed by atoms with E-state index in [0.717, 1.165) is 37.9 Å². The maximum atomic E-state index is 11.9. The van der Waals surface area contributed by atoms with Crippen LogP contribution in [0.4, 0.5) is 0 Å².